The smallest absolute Gasteiger partial charge is 0.227 e. The molecule has 2 aromatic rings. The van der Waals surface area contributed by atoms with Crippen molar-refractivity contribution in [1.82, 2.24) is 9.97 Å². The van der Waals surface area contributed by atoms with Crippen LogP contribution in [-0.4, -0.2) is 16.5 Å². The summed E-state index contributed by atoms with van der Waals surface area (Å²) in [7, 11) is 0. The third-order valence-corrected chi connectivity index (χ3v) is 2.86. The van der Waals surface area contributed by atoms with Crippen LogP contribution in [0.2, 0.25) is 5.02 Å². The summed E-state index contributed by atoms with van der Waals surface area (Å²) in [5, 5.41) is 3.92. The maximum Gasteiger partial charge on any atom is 0.227 e. The van der Waals surface area contributed by atoms with Gasteiger partial charge in [-0.1, -0.05) is 18.5 Å². The lowest BCUT2D eigenvalue weighted by Gasteiger charge is -2.11. The van der Waals surface area contributed by atoms with Gasteiger partial charge in [0.1, 0.15) is 17.9 Å². The summed E-state index contributed by atoms with van der Waals surface area (Å²) in [4.78, 5) is 8.37. The Morgan fingerprint density at radius 3 is 2.63 bits per heavy atom. The normalized spacial score (nSPS) is 10.3. The van der Waals surface area contributed by atoms with Gasteiger partial charge in [0.2, 0.25) is 5.88 Å². The predicted octanol–water partition coefficient (Wildman–Crippen LogP) is 4.05. The zero-order chi connectivity index (χ0) is 13.7. The van der Waals surface area contributed by atoms with Crippen LogP contribution in [0.5, 0.6) is 11.6 Å². The molecule has 19 heavy (non-hydrogen) atoms. The van der Waals surface area contributed by atoms with Gasteiger partial charge in [-0.15, -0.1) is 0 Å². The maximum atomic E-state index is 5.84. The third kappa shape index (κ3) is 3.58. The second-order valence-electron chi connectivity index (χ2n) is 4.14. The van der Waals surface area contributed by atoms with Crippen molar-refractivity contribution in [2.45, 2.75) is 20.3 Å². The van der Waals surface area contributed by atoms with Gasteiger partial charge in [0.25, 0.3) is 0 Å². The molecule has 0 unspecified atom stereocenters. The van der Waals surface area contributed by atoms with E-state index in [0.29, 0.717) is 16.7 Å². The van der Waals surface area contributed by atoms with Gasteiger partial charge in [-0.25, -0.2) is 9.97 Å². The molecule has 1 N–H and O–H groups in total. The van der Waals surface area contributed by atoms with Crippen LogP contribution in [0.1, 0.15) is 18.9 Å². The molecule has 0 amide bonds. The lowest BCUT2D eigenvalue weighted by molar-refractivity contribution is 0.457. The van der Waals surface area contributed by atoms with Gasteiger partial charge in [-0.3, -0.25) is 0 Å². The predicted molar refractivity (Wildman–Crippen MR) is 77.1 cm³/mol. The number of benzene rings is 1. The standard InChI is InChI=1S/C14H16ClN3O/c1-3-8-16-13-10(2)14(18-9-17-13)19-12-6-4-11(15)5-7-12/h4-7,9H,3,8H2,1-2H3,(H,16,17,18). The first-order valence-corrected chi connectivity index (χ1v) is 6.57. The van der Waals surface area contributed by atoms with E-state index in [2.05, 4.69) is 22.2 Å². The van der Waals surface area contributed by atoms with Gasteiger partial charge in [0, 0.05) is 11.6 Å². The quantitative estimate of drug-likeness (QED) is 0.895. The van der Waals surface area contributed by atoms with Crippen LogP contribution < -0.4 is 10.1 Å². The molecule has 0 fully saturated rings. The fraction of sp³-hybridized carbons (Fsp3) is 0.286. The Hall–Kier alpha value is -1.81. The van der Waals surface area contributed by atoms with Crippen molar-refractivity contribution in [2.75, 3.05) is 11.9 Å². The summed E-state index contributed by atoms with van der Waals surface area (Å²) < 4.78 is 5.74. The van der Waals surface area contributed by atoms with Gasteiger partial charge < -0.3 is 10.1 Å². The number of nitrogens with one attached hydrogen (secondary N) is 1. The Kier molecular flexibility index (Phi) is 4.58. The first kappa shape index (κ1) is 13.6. The second-order valence-corrected chi connectivity index (χ2v) is 4.57. The Balaban J connectivity index is 2.18. The number of hydrogen-bond donors (Lipinski definition) is 1. The van der Waals surface area contributed by atoms with E-state index in [9.17, 15) is 0 Å². The number of ether oxygens (including phenoxy) is 1. The highest BCUT2D eigenvalue weighted by Crippen LogP contribution is 2.26. The molecule has 0 aliphatic rings. The topological polar surface area (TPSA) is 47.0 Å². The van der Waals surface area contributed by atoms with Crippen molar-refractivity contribution in [2.24, 2.45) is 0 Å². The monoisotopic (exact) mass is 277 g/mol. The molecule has 1 aromatic carbocycles. The van der Waals surface area contributed by atoms with Crippen LogP contribution in [0.25, 0.3) is 0 Å². The third-order valence-electron chi connectivity index (χ3n) is 2.61. The number of rotatable bonds is 5. The van der Waals surface area contributed by atoms with Crippen LogP contribution >= 0.6 is 11.6 Å². The van der Waals surface area contributed by atoms with E-state index in [1.54, 1.807) is 12.1 Å². The maximum absolute atomic E-state index is 5.84. The molecular formula is C14H16ClN3O. The Bertz CT molecular complexity index is 543. The SMILES string of the molecule is CCCNc1ncnc(Oc2ccc(Cl)cc2)c1C. The van der Waals surface area contributed by atoms with Gasteiger partial charge in [0.05, 0.1) is 5.56 Å². The zero-order valence-electron chi connectivity index (χ0n) is 11.0. The van der Waals surface area contributed by atoms with Crippen molar-refractivity contribution in [3.63, 3.8) is 0 Å². The summed E-state index contributed by atoms with van der Waals surface area (Å²) in [6.45, 7) is 4.91. The molecular weight excluding hydrogens is 262 g/mol. The first-order valence-electron chi connectivity index (χ1n) is 6.19. The molecule has 1 heterocycles. The molecule has 0 saturated heterocycles. The van der Waals surface area contributed by atoms with Gasteiger partial charge in [0.15, 0.2) is 0 Å². The molecule has 4 nitrogen and oxygen atoms in total. The number of halogens is 1. The highest BCUT2D eigenvalue weighted by Gasteiger charge is 2.08. The van der Waals surface area contributed by atoms with Crippen LogP contribution in [-0.2, 0) is 0 Å². The minimum atomic E-state index is 0.552. The van der Waals surface area contributed by atoms with Crippen LogP contribution in [0.15, 0.2) is 30.6 Å². The summed E-state index contributed by atoms with van der Waals surface area (Å²) in [5.74, 6) is 2.06. The first-order chi connectivity index (χ1) is 9.20. The minimum absolute atomic E-state index is 0.552. The number of hydrogen-bond acceptors (Lipinski definition) is 4. The molecule has 100 valence electrons. The minimum Gasteiger partial charge on any atom is -0.439 e. The highest BCUT2D eigenvalue weighted by molar-refractivity contribution is 6.30. The summed E-state index contributed by atoms with van der Waals surface area (Å²) >= 11 is 5.84. The average molecular weight is 278 g/mol. The molecule has 0 spiro atoms. The Morgan fingerprint density at radius 1 is 1.21 bits per heavy atom. The van der Waals surface area contributed by atoms with E-state index in [1.807, 2.05) is 19.1 Å². The van der Waals surface area contributed by atoms with Crippen molar-refractivity contribution < 1.29 is 4.74 Å². The van der Waals surface area contributed by atoms with Gasteiger partial charge >= 0.3 is 0 Å². The average Bonchev–Trinajstić information content (AvgIpc) is 2.42. The largest absolute Gasteiger partial charge is 0.439 e. The summed E-state index contributed by atoms with van der Waals surface area (Å²) in [6, 6.07) is 7.18. The fourth-order valence-corrected chi connectivity index (χ4v) is 1.70. The molecule has 0 saturated carbocycles. The van der Waals surface area contributed by atoms with E-state index in [4.69, 9.17) is 16.3 Å². The van der Waals surface area contributed by atoms with E-state index < -0.39 is 0 Å². The van der Waals surface area contributed by atoms with Crippen molar-refractivity contribution in [3.8, 4) is 11.6 Å². The van der Waals surface area contributed by atoms with Crippen LogP contribution in [0.4, 0.5) is 5.82 Å². The van der Waals surface area contributed by atoms with E-state index in [0.717, 1.165) is 24.3 Å². The fourth-order valence-electron chi connectivity index (χ4n) is 1.57. The van der Waals surface area contributed by atoms with E-state index in [-0.39, 0.29) is 0 Å². The summed E-state index contributed by atoms with van der Waals surface area (Å²) in [6.07, 6.45) is 2.53. The van der Waals surface area contributed by atoms with Crippen LogP contribution in [0, 0.1) is 6.92 Å². The molecule has 0 bridgehead atoms. The molecule has 0 atom stereocenters. The zero-order valence-corrected chi connectivity index (χ0v) is 11.7. The van der Waals surface area contributed by atoms with E-state index >= 15 is 0 Å². The van der Waals surface area contributed by atoms with Crippen molar-refractivity contribution in [1.29, 1.82) is 0 Å². The van der Waals surface area contributed by atoms with E-state index in [1.165, 1.54) is 6.33 Å². The van der Waals surface area contributed by atoms with Gasteiger partial charge in [-0.2, -0.15) is 0 Å². The Labute approximate surface area is 117 Å². The molecule has 1 aromatic heterocycles. The number of aromatic nitrogens is 2. The molecule has 0 aliphatic heterocycles. The van der Waals surface area contributed by atoms with Crippen molar-refractivity contribution >= 4 is 17.4 Å². The summed E-state index contributed by atoms with van der Waals surface area (Å²) in [5.41, 5.74) is 0.894. The molecule has 0 aliphatic carbocycles. The number of nitrogens with zero attached hydrogens (tertiary/aromatic N) is 2. The lowest BCUT2D eigenvalue weighted by Crippen LogP contribution is -2.05. The number of anilines is 1. The van der Waals surface area contributed by atoms with Crippen molar-refractivity contribution in [3.05, 3.63) is 41.2 Å². The lowest BCUT2D eigenvalue weighted by atomic mass is 10.3. The Morgan fingerprint density at radius 2 is 1.95 bits per heavy atom. The molecule has 2 rings (SSSR count). The highest BCUT2D eigenvalue weighted by atomic mass is 35.5. The van der Waals surface area contributed by atoms with Crippen LogP contribution in [0.3, 0.4) is 0 Å². The molecule has 5 heteroatoms. The van der Waals surface area contributed by atoms with Gasteiger partial charge in [-0.05, 0) is 37.6 Å². The molecule has 0 radical (unpaired) electrons. The second kappa shape index (κ2) is 6.38.